The molecular weight excluding hydrogens is 468 g/mol. The van der Waals surface area contributed by atoms with E-state index in [1.54, 1.807) is 35.5 Å². The van der Waals surface area contributed by atoms with E-state index in [1.165, 1.54) is 0 Å². The van der Waals surface area contributed by atoms with E-state index in [1.807, 2.05) is 18.2 Å². The third-order valence-corrected chi connectivity index (χ3v) is 5.57. The number of rotatable bonds is 6. The molecule has 0 saturated heterocycles. The summed E-state index contributed by atoms with van der Waals surface area (Å²) in [6, 6.07) is 10.9. The monoisotopic (exact) mass is 486 g/mol. The summed E-state index contributed by atoms with van der Waals surface area (Å²) in [4.78, 5) is 32.4. The second-order valence-corrected chi connectivity index (χ2v) is 7.49. The molecule has 0 spiro atoms. The molecule has 0 bridgehead atoms. The smallest absolute Gasteiger partial charge is 0.233 e. The van der Waals surface area contributed by atoms with E-state index in [-0.39, 0.29) is 24.3 Å². The van der Waals surface area contributed by atoms with E-state index in [4.69, 9.17) is 15.3 Å². The Hall–Kier alpha value is -2.96. The molecule has 1 amide bonds. The average Bonchev–Trinajstić information content (AvgIpc) is 3.23. The van der Waals surface area contributed by atoms with E-state index < -0.39 is 0 Å². The fourth-order valence-corrected chi connectivity index (χ4v) is 3.81. The molecule has 2 aromatic carbocycles. The van der Waals surface area contributed by atoms with Crippen LogP contribution in [0.3, 0.4) is 0 Å². The molecule has 1 aliphatic rings. The quantitative estimate of drug-likeness (QED) is 0.454. The molecule has 11 heteroatoms. The number of benzene rings is 2. The molecule has 1 aromatic heterocycles. The van der Waals surface area contributed by atoms with Gasteiger partial charge < -0.3 is 5.32 Å². The van der Waals surface area contributed by atoms with Gasteiger partial charge in [0.15, 0.2) is 0 Å². The van der Waals surface area contributed by atoms with E-state index >= 15 is 0 Å². The largest absolute Gasteiger partial charge is 0.325 e. The molecule has 31 heavy (non-hydrogen) atoms. The minimum atomic E-state index is -0.348. The van der Waals surface area contributed by atoms with Crippen LogP contribution in [0.1, 0.15) is 11.1 Å². The standard InChI is InChI=1S/C20H19BrN6O4/c21-18-15(5-6-16-19(18)23-8-7-22-16)25-20-24-9-10-26(20)17(28)11-13-3-1-2-4-14(13)12-31-27(29)30/h1-8,29-30H,9-12H2,(H,24,25). The molecule has 0 fully saturated rings. The van der Waals surface area contributed by atoms with Crippen LogP contribution in [-0.2, 0) is 22.7 Å². The highest BCUT2D eigenvalue weighted by Crippen LogP contribution is 2.29. The minimum absolute atomic E-state index is 0.0826. The van der Waals surface area contributed by atoms with E-state index in [9.17, 15) is 4.79 Å². The average molecular weight is 487 g/mol. The van der Waals surface area contributed by atoms with Crippen molar-refractivity contribution in [2.45, 2.75) is 13.0 Å². The van der Waals surface area contributed by atoms with Gasteiger partial charge in [0.25, 0.3) is 0 Å². The summed E-state index contributed by atoms with van der Waals surface area (Å²) in [6.45, 7) is 0.875. The van der Waals surface area contributed by atoms with Crippen molar-refractivity contribution in [2.24, 2.45) is 4.99 Å². The van der Waals surface area contributed by atoms with Crippen molar-refractivity contribution in [3.8, 4) is 0 Å². The van der Waals surface area contributed by atoms with Crippen LogP contribution in [0.25, 0.3) is 11.0 Å². The Labute approximate surface area is 185 Å². The summed E-state index contributed by atoms with van der Waals surface area (Å²) >= 11 is 3.56. The summed E-state index contributed by atoms with van der Waals surface area (Å²) in [5.74, 6) is 0.317. The lowest BCUT2D eigenvalue weighted by molar-refractivity contribution is -0.497. The molecule has 0 aliphatic carbocycles. The Balaban J connectivity index is 1.49. The molecule has 160 valence electrons. The van der Waals surface area contributed by atoms with Crippen LogP contribution >= 0.6 is 15.9 Å². The maximum Gasteiger partial charge on any atom is 0.233 e. The minimum Gasteiger partial charge on any atom is -0.325 e. The van der Waals surface area contributed by atoms with Gasteiger partial charge in [-0.3, -0.25) is 35.1 Å². The molecule has 1 aliphatic heterocycles. The number of halogens is 1. The predicted molar refractivity (Wildman–Crippen MR) is 115 cm³/mol. The fraction of sp³-hybridized carbons (Fsp3) is 0.200. The van der Waals surface area contributed by atoms with Gasteiger partial charge >= 0.3 is 0 Å². The normalized spacial score (nSPS) is 13.7. The fourth-order valence-electron chi connectivity index (χ4n) is 3.27. The summed E-state index contributed by atoms with van der Waals surface area (Å²) < 4.78 is 0.736. The van der Waals surface area contributed by atoms with Crippen molar-refractivity contribution in [3.63, 3.8) is 0 Å². The lowest BCUT2D eigenvalue weighted by Crippen LogP contribution is -2.39. The van der Waals surface area contributed by atoms with E-state index in [0.29, 0.717) is 30.1 Å². The van der Waals surface area contributed by atoms with Crippen molar-refractivity contribution in [2.75, 3.05) is 18.4 Å². The number of nitrogens with zero attached hydrogens (tertiary/aromatic N) is 5. The summed E-state index contributed by atoms with van der Waals surface area (Å²) in [7, 11) is 0. The number of carbonyl (C=O) groups is 1. The number of guanidine groups is 1. The number of aliphatic imine (C=N–C) groups is 1. The molecule has 0 saturated carbocycles. The topological polar surface area (TPSA) is 123 Å². The third kappa shape index (κ3) is 4.86. The SMILES string of the molecule is O=C(Cc1ccccc1CON(O)O)N1CCN=C1Nc1ccc2nccnc2c1Br. The molecule has 2 heterocycles. The lowest BCUT2D eigenvalue weighted by atomic mass is 10.0. The van der Waals surface area contributed by atoms with Crippen molar-refractivity contribution in [1.29, 1.82) is 0 Å². The van der Waals surface area contributed by atoms with Gasteiger partial charge in [-0.1, -0.05) is 24.3 Å². The highest BCUT2D eigenvalue weighted by Gasteiger charge is 2.25. The van der Waals surface area contributed by atoms with Crippen LogP contribution in [0.4, 0.5) is 5.69 Å². The number of fused-ring (bicyclic) bond motifs is 1. The first kappa shape index (κ1) is 21.3. The van der Waals surface area contributed by atoms with Gasteiger partial charge in [0.2, 0.25) is 11.9 Å². The number of anilines is 1. The molecule has 0 radical (unpaired) electrons. The van der Waals surface area contributed by atoms with E-state index in [2.05, 4.69) is 36.2 Å². The summed E-state index contributed by atoms with van der Waals surface area (Å²) in [5, 5.41) is 20.4. The second kappa shape index (κ2) is 9.45. The maximum atomic E-state index is 13.0. The van der Waals surface area contributed by atoms with E-state index in [0.717, 1.165) is 21.2 Å². The second-order valence-electron chi connectivity index (χ2n) is 6.70. The lowest BCUT2D eigenvalue weighted by Gasteiger charge is -2.21. The van der Waals surface area contributed by atoms with Crippen molar-refractivity contribution < 1.29 is 20.0 Å². The molecule has 3 aromatic rings. The summed E-state index contributed by atoms with van der Waals surface area (Å²) in [5.41, 5.74) is 3.59. The molecule has 3 N–H and O–H groups in total. The molecule has 10 nitrogen and oxygen atoms in total. The van der Waals surface area contributed by atoms with Crippen LogP contribution in [0.15, 0.2) is 58.3 Å². The Bertz CT molecular complexity index is 1140. The summed E-state index contributed by atoms with van der Waals surface area (Å²) in [6.07, 6.45) is 3.36. The van der Waals surface area contributed by atoms with Gasteiger partial charge in [-0.05, 0) is 39.2 Å². The number of aromatic nitrogens is 2. The van der Waals surface area contributed by atoms with Gasteiger partial charge in [0, 0.05) is 18.9 Å². The zero-order chi connectivity index (χ0) is 21.8. The Morgan fingerprint density at radius 1 is 1.16 bits per heavy atom. The van der Waals surface area contributed by atoms with Gasteiger partial charge in [0.05, 0.1) is 40.6 Å². The van der Waals surface area contributed by atoms with Gasteiger partial charge in [-0.2, -0.15) is 0 Å². The number of carbonyl (C=O) groups excluding carboxylic acids is 1. The Morgan fingerprint density at radius 2 is 1.94 bits per heavy atom. The van der Waals surface area contributed by atoms with Crippen LogP contribution in [-0.4, -0.2) is 55.6 Å². The zero-order valence-corrected chi connectivity index (χ0v) is 17.9. The van der Waals surface area contributed by atoms with Crippen LogP contribution in [0.5, 0.6) is 0 Å². The predicted octanol–water partition coefficient (Wildman–Crippen LogP) is 2.76. The molecular formula is C20H19BrN6O4. The maximum absolute atomic E-state index is 13.0. The number of hydrogen-bond donors (Lipinski definition) is 3. The van der Waals surface area contributed by atoms with Crippen LogP contribution in [0, 0.1) is 0 Å². The number of hydrogen-bond acceptors (Lipinski definition) is 9. The molecule has 4 rings (SSSR count). The third-order valence-electron chi connectivity index (χ3n) is 4.76. The van der Waals surface area contributed by atoms with Crippen molar-refractivity contribution >= 4 is 44.5 Å². The first-order chi connectivity index (χ1) is 15.0. The van der Waals surface area contributed by atoms with Gasteiger partial charge in [-0.25, -0.2) is 4.84 Å². The Morgan fingerprint density at radius 3 is 2.74 bits per heavy atom. The highest BCUT2D eigenvalue weighted by molar-refractivity contribution is 9.10. The molecule has 0 atom stereocenters. The van der Waals surface area contributed by atoms with Gasteiger partial charge in [0.1, 0.15) is 5.52 Å². The van der Waals surface area contributed by atoms with Crippen LogP contribution in [0.2, 0.25) is 0 Å². The first-order valence-electron chi connectivity index (χ1n) is 9.41. The number of amides is 1. The van der Waals surface area contributed by atoms with Crippen LogP contribution < -0.4 is 5.32 Å². The van der Waals surface area contributed by atoms with Crippen molar-refractivity contribution in [1.82, 2.24) is 20.3 Å². The van der Waals surface area contributed by atoms with Gasteiger partial charge in [-0.15, -0.1) is 0 Å². The highest BCUT2D eigenvalue weighted by atomic mass is 79.9. The molecule has 0 unspecified atom stereocenters. The van der Waals surface area contributed by atoms with Crippen molar-refractivity contribution in [3.05, 3.63) is 64.4 Å². The number of nitrogens with one attached hydrogen (secondary N) is 1. The first-order valence-corrected chi connectivity index (χ1v) is 10.2. The zero-order valence-electron chi connectivity index (χ0n) is 16.3. The Kier molecular flexibility index (Phi) is 6.49.